The molecule has 3 heteroatoms. The van der Waals surface area contributed by atoms with Crippen LogP contribution in [-0.2, 0) is 6.54 Å². The quantitative estimate of drug-likeness (QED) is 0.795. The van der Waals surface area contributed by atoms with Gasteiger partial charge in [-0.3, -0.25) is 0 Å². The van der Waals surface area contributed by atoms with Crippen LogP contribution in [-0.4, -0.2) is 14.2 Å². The highest BCUT2D eigenvalue weighted by Crippen LogP contribution is 2.22. The molecule has 0 unspecified atom stereocenters. The molecule has 3 nitrogen and oxygen atoms in total. The van der Waals surface area contributed by atoms with Gasteiger partial charge in [0.1, 0.15) is 11.5 Å². The zero-order valence-corrected chi connectivity index (χ0v) is 11.9. The van der Waals surface area contributed by atoms with E-state index in [0.717, 1.165) is 23.7 Å². The second kappa shape index (κ2) is 6.66. The molecule has 2 aromatic carbocycles. The molecule has 20 heavy (non-hydrogen) atoms. The molecular formula is C17H19NO2. The van der Waals surface area contributed by atoms with Crippen LogP contribution >= 0.6 is 0 Å². The van der Waals surface area contributed by atoms with Crippen molar-refractivity contribution in [2.75, 3.05) is 19.1 Å². The molecule has 0 bridgehead atoms. The Morgan fingerprint density at radius 1 is 1.00 bits per heavy atom. The van der Waals surface area contributed by atoms with E-state index < -0.39 is 0 Å². The minimum atomic E-state index is 0.743. The van der Waals surface area contributed by atoms with Crippen LogP contribution in [0.1, 0.15) is 5.56 Å². The van der Waals surface area contributed by atoms with Gasteiger partial charge in [-0.15, -0.1) is 0 Å². The Hall–Kier alpha value is -2.42. The van der Waals surface area contributed by atoms with E-state index in [2.05, 4.69) is 17.5 Å². The average molecular weight is 269 g/mol. The molecule has 0 radical (unpaired) electrons. The summed E-state index contributed by atoms with van der Waals surface area (Å²) < 4.78 is 10.4. The van der Waals surface area contributed by atoms with Gasteiger partial charge in [-0.05, 0) is 48.2 Å². The third-order valence-corrected chi connectivity index (χ3v) is 3.11. The smallest absolute Gasteiger partial charge is 0.119 e. The van der Waals surface area contributed by atoms with E-state index in [1.807, 2.05) is 48.7 Å². The molecule has 0 heterocycles. The molecule has 0 spiro atoms. The summed E-state index contributed by atoms with van der Waals surface area (Å²) in [5.41, 5.74) is 2.24. The SMILES string of the molecule is C=CN(Cc1cccc(OC)c1)c1ccc(OC)cc1. The predicted molar refractivity (Wildman–Crippen MR) is 82.4 cm³/mol. The summed E-state index contributed by atoms with van der Waals surface area (Å²) in [6.45, 7) is 4.63. The second-order valence-corrected chi connectivity index (χ2v) is 4.36. The first-order valence-electron chi connectivity index (χ1n) is 6.43. The molecule has 2 rings (SSSR count). The van der Waals surface area contributed by atoms with Crippen LogP contribution in [0.4, 0.5) is 5.69 Å². The number of benzene rings is 2. The van der Waals surface area contributed by atoms with Gasteiger partial charge in [-0.1, -0.05) is 18.7 Å². The number of anilines is 1. The minimum absolute atomic E-state index is 0.743. The minimum Gasteiger partial charge on any atom is -0.497 e. The molecule has 0 saturated carbocycles. The van der Waals surface area contributed by atoms with Crippen molar-refractivity contribution in [2.24, 2.45) is 0 Å². The van der Waals surface area contributed by atoms with Crippen molar-refractivity contribution in [1.29, 1.82) is 0 Å². The third-order valence-electron chi connectivity index (χ3n) is 3.11. The molecule has 0 aromatic heterocycles. The molecule has 0 saturated heterocycles. The highest BCUT2D eigenvalue weighted by atomic mass is 16.5. The van der Waals surface area contributed by atoms with E-state index in [1.54, 1.807) is 14.2 Å². The predicted octanol–water partition coefficient (Wildman–Crippen LogP) is 3.85. The Bertz CT molecular complexity index is 563. The van der Waals surface area contributed by atoms with E-state index >= 15 is 0 Å². The second-order valence-electron chi connectivity index (χ2n) is 4.36. The first-order chi connectivity index (χ1) is 9.76. The maximum absolute atomic E-state index is 5.25. The van der Waals surface area contributed by atoms with Crippen LogP contribution in [0.15, 0.2) is 61.3 Å². The van der Waals surface area contributed by atoms with Crippen LogP contribution in [0.2, 0.25) is 0 Å². The molecule has 0 atom stereocenters. The van der Waals surface area contributed by atoms with Gasteiger partial charge in [-0.2, -0.15) is 0 Å². The van der Waals surface area contributed by atoms with E-state index in [4.69, 9.17) is 9.47 Å². The van der Waals surface area contributed by atoms with Gasteiger partial charge >= 0.3 is 0 Å². The van der Waals surface area contributed by atoms with Crippen molar-refractivity contribution in [1.82, 2.24) is 0 Å². The van der Waals surface area contributed by atoms with Crippen molar-refractivity contribution in [2.45, 2.75) is 6.54 Å². The zero-order chi connectivity index (χ0) is 14.4. The molecule has 0 aliphatic carbocycles. The molecule has 2 aromatic rings. The Morgan fingerprint density at radius 2 is 1.70 bits per heavy atom. The number of ether oxygens (including phenoxy) is 2. The first-order valence-corrected chi connectivity index (χ1v) is 6.43. The summed E-state index contributed by atoms with van der Waals surface area (Å²) in [5, 5.41) is 0. The lowest BCUT2D eigenvalue weighted by molar-refractivity contribution is 0.414. The summed E-state index contributed by atoms with van der Waals surface area (Å²) >= 11 is 0. The summed E-state index contributed by atoms with van der Waals surface area (Å²) in [4.78, 5) is 2.08. The maximum atomic E-state index is 5.25. The maximum Gasteiger partial charge on any atom is 0.119 e. The zero-order valence-electron chi connectivity index (χ0n) is 11.9. The van der Waals surface area contributed by atoms with Gasteiger partial charge in [0, 0.05) is 12.2 Å². The monoisotopic (exact) mass is 269 g/mol. The molecule has 0 fully saturated rings. The van der Waals surface area contributed by atoms with Crippen LogP contribution < -0.4 is 14.4 Å². The molecule has 0 aliphatic rings. The van der Waals surface area contributed by atoms with E-state index in [-0.39, 0.29) is 0 Å². The Morgan fingerprint density at radius 3 is 2.30 bits per heavy atom. The van der Waals surface area contributed by atoms with Crippen molar-refractivity contribution < 1.29 is 9.47 Å². The lowest BCUT2D eigenvalue weighted by Gasteiger charge is -2.20. The summed E-state index contributed by atoms with van der Waals surface area (Å²) in [5.74, 6) is 1.71. The summed E-state index contributed by atoms with van der Waals surface area (Å²) in [6.07, 6.45) is 1.82. The largest absolute Gasteiger partial charge is 0.497 e. The van der Waals surface area contributed by atoms with Gasteiger partial charge in [0.2, 0.25) is 0 Å². The number of hydrogen-bond acceptors (Lipinski definition) is 3. The standard InChI is InChI=1S/C17H19NO2/c1-4-18(15-8-10-16(19-2)11-9-15)13-14-6-5-7-17(12-14)20-3/h4-12H,1,13H2,2-3H3. The Labute approximate surface area is 120 Å². The lowest BCUT2D eigenvalue weighted by Crippen LogP contribution is -2.14. The van der Waals surface area contributed by atoms with Gasteiger partial charge in [0.25, 0.3) is 0 Å². The fraction of sp³-hybridized carbons (Fsp3) is 0.176. The molecular weight excluding hydrogens is 250 g/mol. The highest BCUT2D eigenvalue weighted by molar-refractivity contribution is 5.51. The van der Waals surface area contributed by atoms with Gasteiger partial charge < -0.3 is 14.4 Å². The normalized spacial score (nSPS) is 9.90. The average Bonchev–Trinajstić information content (AvgIpc) is 2.53. The van der Waals surface area contributed by atoms with E-state index in [1.165, 1.54) is 5.56 Å². The number of rotatable bonds is 6. The van der Waals surface area contributed by atoms with Crippen LogP contribution in [0.5, 0.6) is 11.5 Å². The first kappa shape index (κ1) is 14.0. The highest BCUT2D eigenvalue weighted by Gasteiger charge is 2.05. The molecule has 104 valence electrons. The third kappa shape index (κ3) is 3.32. The van der Waals surface area contributed by atoms with Gasteiger partial charge in [0.05, 0.1) is 14.2 Å². The van der Waals surface area contributed by atoms with E-state index in [0.29, 0.717) is 0 Å². The van der Waals surface area contributed by atoms with Crippen molar-refractivity contribution in [3.63, 3.8) is 0 Å². The number of methoxy groups -OCH3 is 2. The fourth-order valence-corrected chi connectivity index (χ4v) is 2.00. The summed E-state index contributed by atoms with van der Waals surface area (Å²) in [6, 6.07) is 15.9. The van der Waals surface area contributed by atoms with Crippen molar-refractivity contribution in [3.8, 4) is 11.5 Å². The lowest BCUT2D eigenvalue weighted by atomic mass is 10.2. The Balaban J connectivity index is 2.16. The van der Waals surface area contributed by atoms with Crippen molar-refractivity contribution in [3.05, 3.63) is 66.9 Å². The Kier molecular flexibility index (Phi) is 4.66. The van der Waals surface area contributed by atoms with Gasteiger partial charge in [0.15, 0.2) is 0 Å². The summed E-state index contributed by atoms with van der Waals surface area (Å²) in [7, 11) is 3.34. The van der Waals surface area contributed by atoms with Gasteiger partial charge in [-0.25, -0.2) is 0 Å². The molecule has 0 N–H and O–H groups in total. The fourth-order valence-electron chi connectivity index (χ4n) is 2.00. The van der Waals surface area contributed by atoms with Crippen LogP contribution in [0.3, 0.4) is 0 Å². The number of hydrogen-bond donors (Lipinski definition) is 0. The van der Waals surface area contributed by atoms with Crippen LogP contribution in [0, 0.1) is 0 Å². The molecule has 0 amide bonds. The molecule has 0 aliphatic heterocycles. The van der Waals surface area contributed by atoms with Crippen LogP contribution in [0.25, 0.3) is 0 Å². The van der Waals surface area contributed by atoms with E-state index in [9.17, 15) is 0 Å². The van der Waals surface area contributed by atoms with Crippen molar-refractivity contribution >= 4 is 5.69 Å². The topological polar surface area (TPSA) is 21.7 Å². The number of nitrogens with zero attached hydrogens (tertiary/aromatic N) is 1.